The van der Waals surface area contributed by atoms with Crippen LogP contribution in [0.15, 0.2) is 72.2 Å². The number of alkyl halides is 6. The summed E-state index contributed by atoms with van der Waals surface area (Å²) < 4.78 is 150. The van der Waals surface area contributed by atoms with Gasteiger partial charge in [0.05, 0.1) is 11.1 Å². The minimum absolute atomic E-state index is 0.0829. The van der Waals surface area contributed by atoms with Crippen molar-refractivity contribution < 1.29 is 72.4 Å². The maximum Gasteiger partial charge on any atom is 0.573 e. The molecular formula is C41H32F10O6. The van der Waals surface area contributed by atoms with Gasteiger partial charge in [-0.05, 0) is 101 Å². The fourth-order valence-corrected chi connectivity index (χ4v) is 6.07. The summed E-state index contributed by atoms with van der Waals surface area (Å²) in [5, 5.41) is 0. The lowest BCUT2D eigenvalue weighted by atomic mass is 9.91. The van der Waals surface area contributed by atoms with Crippen molar-refractivity contribution in [2.45, 2.75) is 71.5 Å². The summed E-state index contributed by atoms with van der Waals surface area (Å²) >= 11 is 0. The van der Waals surface area contributed by atoms with Crippen molar-refractivity contribution >= 4 is 24.1 Å². The van der Waals surface area contributed by atoms with Gasteiger partial charge in [-0.1, -0.05) is 38.1 Å². The number of halogens is 10. The van der Waals surface area contributed by atoms with E-state index in [1.165, 1.54) is 12.2 Å². The predicted octanol–water partition coefficient (Wildman–Crippen LogP) is 11.9. The number of allylic oxidation sites excluding steroid dienone is 2. The maximum atomic E-state index is 15.0. The summed E-state index contributed by atoms with van der Waals surface area (Å²) in [5.41, 5.74) is 0.547. The lowest BCUT2D eigenvalue weighted by Crippen LogP contribution is -2.17. The molecule has 0 fully saturated rings. The third-order valence-corrected chi connectivity index (χ3v) is 8.57. The minimum Gasteiger partial charge on any atom is -0.431 e. The molecule has 2 aliphatic rings. The van der Waals surface area contributed by atoms with Crippen molar-refractivity contribution in [3.05, 3.63) is 118 Å². The molecule has 0 aromatic heterocycles. The van der Waals surface area contributed by atoms with Gasteiger partial charge in [0.15, 0.2) is 0 Å². The van der Waals surface area contributed by atoms with Crippen LogP contribution < -0.4 is 9.47 Å². The number of benzene rings is 4. The molecule has 0 aliphatic heterocycles. The van der Waals surface area contributed by atoms with Crippen LogP contribution in [-0.2, 0) is 31.9 Å². The van der Waals surface area contributed by atoms with Crippen molar-refractivity contribution in [1.82, 2.24) is 0 Å². The van der Waals surface area contributed by atoms with E-state index in [1.807, 2.05) is 6.92 Å². The molecule has 0 atom stereocenters. The molecule has 302 valence electrons. The van der Waals surface area contributed by atoms with Crippen LogP contribution in [0, 0.1) is 23.3 Å². The third kappa shape index (κ3) is 11.0. The summed E-state index contributed by atoms with van der Waals surface area (Å²) in [5.74, 6) is -4.47. The first kappa shape index (κ1) is 42.3. The molecule has 6 nitrogen and oxygen atoms in total. The molecule has 0 bridgehead atoms. The van der Waals surface area contributed by atoms with Crippen LogP contribution in [0.25, 0.3) is 34.4 Å². The highest BCUT2D eigenvalue weighted by Gasteiger charge is 2.32. The van der Waals surface area contributed by atoms with E-state index < -0.39 is 59.4 Å². The Labute approximate surface area is 319 Å². The number of hydrogen-bond acceptors (Lipinski definition) is 6. The van der Waals surface area contributed by atoms with E-state index in [0.717, 1.165) is 60.7 Å². The third-order valence-electron chi connectivity index (χ3n) is 8.57. The Balaban J connectivity index is 0.000000218. The molecule has 0 N–H and O–H groups in total. The van der Waals surface area contributed by atoms with Gasteiger partial charge in [-0.3, -0.25) is 9.59 Å². The Morgan fingerprint density at radius 1 is 0.579 bits per heavy atom. The summed E-state index contributed by atoms with van der Waals surface area (Å²) in [6.45, 7) is 3.47. The Bertz CT molecular complexity index is 2190. The Morgan fingerprint density at radius 3 is 1.32 bits per heavy atom. The van der Waals surface area contributed by atoms with Gasteiger partial charge in [-0.15, -0.1) is 26.3 Å². The molecule has 16 heteroatoms. The second-order valence-corrected chi connectivity index (χ2v) is 12.6. The smallest absolute Gasteiger partial charge is 0.431 e. The summed E-state index contributed by atoms with van der Waals surface area (Å²) in [6.07, 6.45) is -4.83. The Morgan fingerprint density at radius 2 is 0.965 bits per heavy atom. The van der Waals surface area contributed by atoms with Crippen LogP contribution in [0.1, 0.15) is 68.2 Å². The van der Waals surface area contributed by atoms with Crippen molar-refractivity contribution in [2.75, 3.05) is 0 Å². The molecule has 0 heterocycles. The van der Waals surface area contributed by atoms with Crippen LogP contribution in [0.4, 0.5) is 43.9 Å². The van der Waals surface area contributed by atoms with Crippen LogP contribution >= 0.6 is 0 Å². The maximum absolute atomic E-state index is 15.0. The number of hydrogen-bond donors (Lipinski definition) is 0. The van der Waals surface area contributed by atoms with Gasteiger partial charge < -0.3 is 18.9 Å². The minimum atomic E-state index is -4.85. The Kier molecular flexibility index (Phi) is 13.0. The molecule has 0 unspecified atom stereocenters. The highest BCUT2D eigenvalue weighted by atomic mass is 19.4. The number of ether oxygens (including phenoxy) is 4. The molecule has 0 amide bonds. The second-order valence-electron chi connectivity index (χ2n) is 12.6. The zero-order valence-corrected chi connectivity index (χ0v) is 30.1. The lowest BCUT2D eigenvalue weighted by molar-refractivity contribution is -0.275. The largest absolute Gasteiger partial charge is 0.573 e. The van der Waals surface area contributed by atoms with Crippen LogP contribution in [0.5, 0.6) is 11.5 Å². The fourth-order valence-electron chi connectivity index (χ4n) is 6.07. The number of fused-ring (bicyclic) bond motifs is 2. The monoisotopic (exact) mass is 810 g/mol. The zero-order chi connectivity index (χ0) is 41.7. The molecule has 0 saturated carbocycles. The highest BCUT2D eigenvalue weighted by molar-refractivity contribution is 5.76. The van der Waals surface area contributed by atoms with E-state index in [-0.39, 0.29) is 83.0 Å². The van der Waals surface area contributed by atoms with Crippen LogP contribution in [-0.4, -0.2) is 24.7 Å². The van der Waals surface area contributed by atoms with E-state index in [1.54, 1.807) is 6.92 Å². The molecule has 57 heavy (non-hydrogen) atoms. The van der Waals surface area contributed by atoms with Gasteiger partial charge in [-0.25, -0.2) is 17.6 Å². The molecule has 4 aromatic rings. The van der Waals surface area contributed by atoms with E-state index in [2.05, 4.69) is 9.47 Å². The van der Waals surface area contributed by atoms with Gasteiger partial charge in [0.1, 0.15) is 46.3 Å². The molecule has 2 aliphatic carbocycles. The van der Waals surface area contributed by atoms with E-state index >= 15 is 0 Å². The Hall–Kier alpha value is -5.80. The first-order valence-electron chi connectivity index (χ1n) is 17.4. The number of rotatable bonds is 9. The average Bonchev–Trinajstić information content (AvgIpc) is 3.12. The molecule has 0 radical (unpaired) electrons. The van der Waals surface area contributed by atoms with Gasteiger partial charge in [-0.2, -0.15) is 0 Å². The molecule has 4 aromatic carbocycles. The topological polar surface area (TPSA) is 71.1 Å². The van der Waals surface area contributed by atoms with Crippen molar-refractivity contribution in [1.29, 1.82) is 0 Å². The zero-order valence-electron chi connectivity index (χ0n) is 30.1. The highest BCUT2D eigenvalue weighted by Crippen LogP contribution is 2.38. The first-order valence-corrected chi connectivity index (χ1v) is 17.4. The normalized spacial score (nSPS) is 13.5. The molecule has 6 rings (SSSR count). The molecule has 0 saturated heterocycles. The first-order chi connectivity index (χ1) is 26.8. The summed E-state index contributed by atoms with van der Waals surface area (Å²) in [6, 6.07) is 10.8. The summed E-state index contributed by atoms with van der Waals surface area (Å²) in [4.78, 5) is 23.0. The van der Waals surface area contributed by atoms with Crippen molar-refractivity contribution in [2.24, 2.45) is 0 Å². The average molecular weight is 811 g/mol. The predicted molar refractivity (Wildman–Crippen MR) is 187 cm³/mol. The fraction of sp³-hybridized carbons (Fsp3) is 0.268. The van der Waals surface area contributed by atoms with Gasteiger partial charge in [0.2, 0.25) is 0 Å². The second kappa shape index (κ2) is 17.6. The van der Waals surface area contributed by atoms with Crippen LogP contribution in [0.3, 0.4) is 0 Å². The van der Waals surface area contributed by atoms with Gasteiger partial charge >= 0.3 is 24.7 Å². The standard InChI is InChI=1S/C21H17F5O3.C20H15F5O3/c1-2-3-18(27)28-15-8-9-16-13(10-15)11-17(22)19(20(16)23)12-4-6-14(7-5-12)29-21(24,25)26;1-2-17(26)27-14-7-8-15-12(9-14)10-16(21)18(19(15)22)11-3-5-13(6-4-11)28-20(23,24)25/h4-7,10-11H,2-3,8-9H2,1H3;3-6,9-10H,2,7-8H2,1H3. The van der Waals surface area contributed by atoms with Crippen molar-refractivity contribution in [3.8, 4) is 33.8 Å². The number of carbonyl (C=O) groups is 2. The quantitative estimate of drug-likeness (QED) is 0.124. The van der Waals surface area contributed by atoms with E-state index in [9.17, 15) is 53.5 Å². The van der Waals surface area contributed by atoms with Crippen molar-refractivity contribution in [3.63, 3.8) is 0 Å². The number of carbonyl (C=O) groups excluding carboxylic acids is 2. The molecule has 0 spiro atoms. The SMILES string of the molecule is CCC(=O)OC1=Cc2cc(F)c(-c3ccc(OC(F)(F)F)cc3)c(F)c2CC1.CCCC(=O)OC1=Cc2cc(F)c(-c3ccc(OC(F)(F)F)cc3)c(F)c2CC1. The summed E-state index contributed by atoms with van der Waals surface area (Å²) in [7, 11) is 0. The van der Waals surface area contributed by atoms with Gasteiger partial charge in [0, 0.05) is 25.7 Å². The lowest BCUT2D eigenvalue weighted by Gasteiger charge is -2.19. The van der Waals surface area contributed by atoms with E-state index in [4.69, 9.17) is 9.47 Å². The van der Waals surface area contributed by atoms with Crippen LogP contribution in [0.2, 0.25) is 0 Å². The number of esters is 2. The van der Waals surface area contributed by atoms with Gasteiger partial charge in [0.25, 0.3) is 0 Å². The molecular weight excluding hydrogens is 778 g/mol. The van der Waals surface area contributed by atoms with E-state index in [0.29, 0.717) is 17.9 Å².